The maximum absolute atomic E-state index is 12.8. The van der Waals surface area contributed by atoms with E-state index in [0.29, 0.717) is 12.1 Å². The monoisotopic (exact) mass is 474 g/mol. The number of nitrogens with zero attached hydrogens (tertiary/aromatic N) is 1. The van der Waals surface area contributed by atoms with Crippen molar-refractivity contribution in [3.8, 4) is 0 Å². The Balaban J connectivity index is 2.85. The van der Waals surface area contributed by atoms with Crippen LogP contribution in [0.5, 0.6) is 0 Å². The highest BCUT2D eigenvalue weighted by Gasteiger charge is 2.32. The van der Waals surface area contributed by atoms with E-state index in [2.05, 4.69) is 51.2 Å². The number of H-pyrrole nitrogens is 1. The lowest BCUT2D eigenvalue weighted by Crippen LogP contribution is -2.59. The van der Waals surface area contributed by atoms with Gasteiger partial charge in [0.05, 0.1) is 12.4 Å². The number of carbonyl (C=O) groups is 4. The molecule has 0 bridgehead atoms. The van der Waals surface area contributed by atoms with Crippen molar-refractivity contribution >= 4 is 48.9 Å². The zero-order valence-corrected chi connectivity index (χ0v) is 19.2. The number of amides is 3. The Morgan fingerprint density at radius 3 is 2.23 bits per heavy atom. The second kappa shape index (κ2) is 13.2. The Morgan fingerprint density at radius 2 is 1.74 bits per heavy atom. The van der Waals surface area contributed by atoms with Gasteiger partial charge in [-0.15, -0.1) is 0 Å². The molecule has 11 nitrogen and oxygen atoms in total. The number of nitrogens with two attached hydrogens (primary N) is 1. The average Bonchev–Trinajstić information content (AvgIpc) is 3.26. The summed E-state index contributed by atoms with van der Waals surface area (Å²) >= 11 is 8.07. The predicted octanol–water partition coefficient (Wildman–Crippen LogP) is -1.28. The number of imidazole rings is 1. The molecule has 0 aliphatic heterocycles. The summed E-state index contributed by atoms with van der Waals surface area (Å²) in [5.41, 5.74) is 6.19. The lowest BCUT2D eigenvalue weighted by Gasteiger charge is -2.27. The van der Waals surface area contributed by atoms with Gasteiger partial charge in [-0.25, -0.2) is 9.78 Å². The topological polar surface area (TPSA) is 179 Å². The molecule has 5 atom stereocenters. The van der Waals surface area contributed by atoms with Crippen molar-refractivity contribution < 1.29 is 24.3 Å². The number of carboxylic acid groups (broad SMARTS) is 1. The first kappa shape index (κ1) is 26.8. The van der Waals surface area contributed by atoms with E-state index < -0.39 is 47.9 Å². The summed E-state index contributed by atoms with van der Waals surface area (Å²) < 4.78 is 0. The number of nitrogens with one attached hydrogen (secondary N) is 4. The van der Waals surface area contributed by atoms with Crippen LogP contribution in [-0.4, -0.2) is 74.4 Å². The second-order valence-corrected chi connectivity index (χ2v) is 7.82. The van der Waals surface area contributed by atoms with Crippen molar-refractivity contribution in [2.45, 2.75) is 50.9 Å². The molecule has 13 heteroatoms. The zero-order chi connectivity index (χ0) is 23.6. The van der Waals surface area contributed by atoms with Gasteiger partial charge in [-0.1, -0.05) is 20.3 Å². The molecule has 1 aromatic heterocycles. The highest BCUT2D eigenvalue weighted by Crippen LogP contribution is 2.09. The van der Waals surface area contributed by atoms with E-state index in [0.717, 1.165) is 0 Å². The van der Waals surface area contributed by atoms with Gasteiger partial charge in [0.1, 0.15) is 18.1 Å². The molecule has 0 radical (unpaired) electrons. The van der Waals surface area contributed by atoms with Crippen LogP contribution in [0.1, 0.15) is 26.0 Å². The summed E-state index contributed by atoms with van der Waals surface area (Å²) in [6.45, 7) is 3.63. The first-order valence-electron chi connectivity index (χ1n) is 9.72. The highest BCUT2D eigenvalue weighted by atomic mass is 32.1. The van der Waals surface area contributed by atoms with E-state index in [9.17, 15) is 24.3 Å². The molecular formula is C18H30N6O5S2. The summed E-state index contributed by atoms with van der Waals surface area (Å²) in [4.78, 5) is 55.7. The molecule has 1 heterocycles. The number of hydrogen-bond donors (Lipinski definition) is 8. The Bertz CT molecular complexity index is 748. The quantitative estimate of drug-likeness (QED) is 0.164. The Morgan fingerprint density at radius 1 is 1.10 bits per heavy atom. The highest BCUT2D eigenvalue weighted by molar-refractivity contribution is 7.80. The van der Waals surface area contributed by atoms with Crippen LogP contribution in [-0.2, 0) is 25.6 Å². The van der Waals surface area contributed by atoms with E-state index in [1.165, 1.54) is 12.5 Å². The van der Waals surface area contributed by atoms with Crippen molar-refractivity contribution in [3.05, 3.63) is 18.2 Å². The van der Waals surface area contributed by atoms with Crippen LogP contribution >= 0.6 is 25.3 Å². The van der Waals surface area contributed by atoms with Crippen LogP contribution in [0.3, 0.4) is 0 Å². The third kappa shape index (κ3) is 8.42. The van der Waals surface area contributed by atoms with Crippen LogP contribution in [0.4, 0.5) is 0 Å². The smallest absolute Gasteiger partial charge is 0.326 e. The van der Waals surface area contributed by atoms with Gasteiger partial charge < -0.3 is 31.8 Å². The largest absolute Gasteiger partial charge is 0.480 e. The van der Waals surface area contributed by atoms with Crippen molar-refractivity contribution in [1.82, 2.24) is 25.9 Å². The van der Waals surface area contributed by atoms with Gasteiger partial charge in [0.2, 0.25) is 17.7 Å². The van der Waals surface area contributed by atoms with Crippen molar-refractivity contribution in [1.29, 1.82) is 0 Å². The maximum atomic E-state index is 12.8. The summed E-state index contributed by atoms with van der Waals surface area (Å²) in [6, 6.07) is -4.16. The Labute approximate surface area is 191 Å². The number of aromatic nitrogens is 2. The van der Waals surface area contributed by atoms with E-state index in [4.69, 9.17) is 5.73 Å². The molecule has 31 heavy (non-hydrogen) atoms. The van der Waals surface area contributed by atoms with Crippen molar-refractivity contribution in [2.75, 3.05) is 11.5 Å². The van der Waals surface area contributed by atoms with Crippen LogP contribution in [0.2, 0.25) is 0 Å². The minimum Gasteiger partial charge on any atom is -0.480 e. The number of thiol groups is 2. The molecule has 0 saturated carbocycles. The van der Waals surface area contributed by atoms with Crippen LogP contribution < -0.4 is 21.7 Å². The summed E-state index contributed by atoms with van der Waals surface area (Å²) in [5.74, 6) is -3.29. The first-order valence-corrected chi connectivity index (χ1v) is 11.0. The summed E-state index contributed by atoms with van der Waals surface area (Å²) in [7, 11) is 0. The molecule has 0 aromatic carbocycles. The molecule has 0 aliphatic carbocycles. The van der Waals surface area contributed by atoms with Gasteiger partial charge in [0.25, 0.3) is 0 Å². The molecule has 1 aromatic rings. The second-order valence-electron chi connectivity index (χ2n) is 7.08. The number of aromatic amines is 1. The SMILES string of the molecule is CCC(C)C(NC(=O)C(N)CS)C(=O)NC(CS)C(=O)NC(Cc1cnc[nH]1)C(=O)O. The molecule has 1 rings (SSSR count). The molecule has 0 fully saturated rings. The normalized spacial score (nSPS) is 15.8. The fraction of sp³-hybridized carbons (Fsp3) is 0.611. The number of carbonyl (C=O) groups excluding carboxylic acids is 3. The van der Waals surface area contributed by atoms with E-state index in [1.807, 2.05) is 6.92 Å². The third-order valence-electron chi connectivity index (χ3n) is 4.74. The fourth-order valence-electron chi connectivity index (χ4n) is 2.59. The van der Waals surface area contributed by atoms with Crippen molar-refractivity contribution in [3.63, 3.8) is 0 Å². The first-order chi connectivity index (χ1) is 14.6. The minimum absolute atomic E-state index is 0.0124. The number of hydrogen-bond acceptors (Lipinski definition) is 8. The average molecular weight is 475 g/mol. The van der Waals surface area contributed by atoms with Gasteiger partial charge in [-0.05, 0) is 5.92 Å². The van der Waals surface area contributed by atoms with E-state index in [-0.39, 0.29) is 23.8 Å². The van der Waals surface area contributed by atoms with Crippen LogP contribution in [0.25, 0.3) is 0 Å². The van der Waals surface area contributed by atoms with Gasteiger partial charge in [0.15, 0.2) is 0 Å². The lowest BCUT2D eigenvalue weighted by molar-refractivity contribution is -0.142. The minimum atomic E-state index is -1.24. The van der Waals surface area contributed by atoms with Crippen molar-refractivity contribution in [2.24, 2.45) is 11.7 Å². The zero-order valence-electron chi connectivity index (χ0n) is 17.4. The summed E-state index contributed by atoms with van der Waals surface area (Å²) in [6.07, 6.45) is 3.42. The molecule has 174 valence electrons. The van der Waals surface area contributed by atoms with Crippen LogP contribution in [0.15, 0.2) is 12.5 Å². The van der Waals surface area contributed by atoms with E-state index >= 15 is 0 Å². The predicted molar refractivity (Wildman–Crippen MR) is 121 cm³/mol. The molecule has 0 aliphatic rings. The molecule has 7 N–H and O–H groups in total. The molecule has 5 unspecified atom stereocenters. The molecule has 0 spiro atoms. The van der Waals surface area contributed by atoms with Gasteiger partial charge >= 0.3 is 5.97 Å². The molecular weight excluding hydrogens is 444 g/mol. The maximum Gasteiger partial charge on any atom is 0.326 e. The molecule has 0 saturated heterocycles. The number of carboxylic acids is 1. The third-order valence-corrected chi connectivity index (χ3v) is 5.49. The lowest BCUT2D eigenvalue weighted by atomic mass is 9.97. The van der Waals surface area contributed by atoms with Crippen LogP contribution in [0, 0.1) is 5.92 Å². The van der Waals surface area contributed by atoms with Gasteiger partial charge in [0, 0.05) is 29.8 Å². The summed E-state index contributed by atoms with van der Waals surface area (Å²) in [5, 5.41) is 16.9. The number of aliphatic carboxylic acids is 1. The standard InChI is InChI=1S/C18H30N6O5S2/c1-3-9(2)14(24-15(25)11(19)6-30)17(27)23-13(7-31)16(26)22-12(18(28)29)4-10-5-20-8-21-10/h5,8-9,11-14,30-31H,3-4,6-7,19H2,1-2H3,(H,20,21)(H,22,26)(H,23,27)(H,24,25)(H,28,29). The van der Waals surface area contributed by atoms with Gasteiger partial charge in [-0.2, -0.15) is 25.3 Å². The number of rotatable bonds is 13. The Hall–Kier alpha value is -2.25. The Kier molecular flexibility index (Phi) is 11.4. The van der Waals surface area contributed by atoms with E-state index in [1.54, 1.807) is 6.92 Å². The van der Waals surface area contributed by atoms with Gasteiger partial charge in [-0.3, -0.25) is 14.4 Å². The fourth-order valence-corrected chi connectivity index (χ4v) is 3.01. The molecule has 3 amide bonds.